The van der Waals surface area contributed by atoms with Crippen molar-refractivity contribution in [1.29, 1.82) is 0 Å². The monoisotopic (exact) mass is 388 g/mol. The van der Waals surface area contributed by atoms with Crippen LogP contribution >= 0.6 is 11.6 Å². The van der Waals surface area contributed by atoms with E-state index in [0.29, 0.717) is 36.6 Å². The van der Waals surface area contributed by atoms with Crippen LogP contribution in [0.3, 0.4) is 0 Å². The van der Waals surface area contributed by atoms with E-state index in [1.54, 1.807) is 4.90 Å². The number of benzene rings is 2. The summed E-state index contributed by atoms with van der Waals surface area (Å²) in [7, 11) is 0. The van der Waals surface area contributed by atoms with Gasteiger partial charge in [0.1, 0.15) is 5.82 Å². The van der Waals surface area contributed by atoms with Crippen LogP contribution in [0, 0.1) is 11.7 Å². The summed E-state index contributed by atoms with van der Waals surface area (Å²) in [5.74, 6) is -0.787. The van der Waals surface area contributed by atoms with Gasteiger partial charge in [-0.25, -0.2) is 4.39 Å². The average molecular weight is 389 g/mol. The van der Waals surface area contributed by atoms with Crippen LogP contribution in [0.2, 0.25) is 5.02 Å². The van der Waals surface area contributed by atoms with Gasteiger partial charge in [-0.2, -0.15) is 0 Å². The Morgan fingerprint density at radius 2 is 1.96 bits per heavy atom. The zero-order chi connectivity index (χ0) is 19.2. The van der Waals surface area contributed by atoms with Gasteiger partial charge in [0.25, 0.3) is 5.91 Å². The molecule has 2 aromatic rings. The summed E-state index contributed by atoms with van der Waals surface area (Å²) >= 11 is 5.97. The number of piperidine rings is 1. The van der Waals surface area contributed by atoms with Gasteiger partial charge in [0.2, 0.25) is 5.91 Å². The zero-order valence-electron chi connectivity index (χ0n) is 15.0. The van der Waals surface area contributed by atoms with Crippen LogP contribution in [0.25, 0.3) is 0 Å². The molecule has 0 spiro atoms. The van der Waals surface area contributed by atoms with Gasteiger partial charge in [0, 0.05) is 30.2 Å². The van der Waals surface area contributed by atoms with Crippen molar-refractivity contribution in [2.45, 2.75) is 19.3 Å². The lowest BCUT2D eigenvalue weighted by atomic mass is 9.96. The Balaban J connectivity index is 1.51. The molecule has 4 nitrogen and oxygen atoms in total. The fourth-order valence-electron chi connectivity index (χ4n) is 3.32. The maximum atomic E-state index is 13.0. The van der Waals surface area contributed by atoms with Crippen molar-refractivity contribution in [3.8, 4) is 0 Å². The quantitative estimate of drug-likeness (QED) is 0.849. The van der Waals surface area contributed by atoms with Crippen LogP contribution in [0.4, 0.5) is 4.39 Å². The lowest BCUT2D eigenvalue weighted by Crippen LogP contribution is -2.45. The van der Waals surface area contributed by atoms with Gasteiger partial charge in [-0.15, -0.1) is 0 Å². The number of carbonyl (C=O) groups excluding carboxylic acids is 2. The number of rotatable bonds is 5. The van der Waals surface area contributed by atoms with E-state index in [9.17, 15) is 14.0 Å². The van der Waals surface area contributed by atoms with E-state index in [1.807, 2.05) is 24.3 Å². The molecule has 1 saturated heterocycles. The molecule has 2 amide bonds. The highest BCUT2D eigenvalue weighted by atomic mass is 35.5. The number of hydrogen-bond donors (Lipinski definition) is 1. The SMILES string of the molecule is O=C(NCCc1cccc(Cl)c1)[C@H]1CCCN(C(=O)c2ccc(F)cc2)C1. The van der Waals surface area contributed by atoms with Gasteiger partial charge in [-0.05, 0) is 61.2 Å². The number of amides is 2. The first-order valence-electron chi connectivity index (χ1n) is 9.10. The summed E-state index contributed by atoms with van der Waals surface area (Å²) in [6, 6.07) is 13.1. The molecule has 1 N–H and O–H groups in total. The Hall–Kier alpha value is -2.40. The Bertz CT molecular complexity index is 810. The van der Waals surface area contributed by atoms with Gasteiger partial charge >= 0.3 is 0 Å². The standard InChI is InChI=1S/C21H22ClFN2O2/c22-18-5-1-3-15(13-18)10-11-24-20(26)17-4-2-12-25(14-17)21(27)16-6-8-19(23)9-7-16/h1,3,5-9,13,17H,2,4,10-12,14H2,(H,24,26)/t17-/m0/s1. The number of nitrogens with one attached hydrogen (secondary N) is 1. The molecule has 1 heterocycles. The molecule has 1 aliphatic heterocycles. The van der Waals surface area contributed by atoms with E-state index < -0.39 is 0 Å². The third-order valence-electron chi connectivity index (χ3n) is 4.77. The second kappa shape index (κ2) is 9.00. The molecule has 1 fully saturated rings. The van der Waals surface area contributed by atoms with Crippen molar-refractivity contribution in [3.05, 3.63) is 70.5 Å². The topological polar surface area (TPSA) is 49.4 Å². The molecule has 2 aromatic carbocycles. The number of nitrogens with zero attached hydrogens (tertiary/aromatic N) is 1. The molecule has 0 aliphatic carbocycles. The molecule has 1 aliphatic rings. The molecule has 0 unspecified atom stereocenters. The van der Waals surface area contributed by atoms with Crippen LogP contribution in [0.15, 0.2) is 48.5 Å². The predicted octanol–water partition coefficient (Wildman–Crippen LogP) is 3.69. The fraction of sp³-hybridized carbons (Fsp3) is 0.333. The Morgan fingerprint density at radius 1 is 1.19 bits per heavy atom. The largest absolute Gasteiger partial charge is 0.355 e. The highest BCUT2D eigenvalue weighted by Crippen LogP contribution is 2.19. The van der Waals surface area contributed by atoms with E-state index in [1.165, 1.54) is 24.3 Å². The van der Waals surface area contributed by atoms with E-state index >= 15 is 0 Å². The van der Waals surface area contributed by atoms with E-state index in [2.05, 4.69) is 5.32 Å². The first kappa shape index (κ1) is 19.4. The summed E-state index contributed by atoms with van der Waals surface area (Å²) < 4.78 is 13.0. The minimum absolute atomic E-state index is 0.0337. The zero-order valence-corrected chi connectivity index (χ0v) is 15.7. The first-order chi connectivity index (χ1) is 13.0. The van der Waals surface area contributed by atoms with Crippen LogP contribution < -0.4 is 5.32 Å². The molecular weight excluding hydrogens is 367 g/mol. The number of halogens is 2. The highest BCUT2D eigenvalue weighted by molar-refractivity contribution is 6.30. The minimum atomic E-state index is -0.373. The van der Waals surface area contributed by atoms with Crippen LogP contribution in [-0.2, 0) is 11.2 Å². The molecule has 3 rings (SSSR count). The normalized spacial score (nSPS) is 16.8. The minimum Gasteiger partial charge on any atom is -0.355 e. The smallest absolute Gasteiger partial charge is 0.253 e. The van der Waals surface area contributed by atoms with Crippen molar-refractivity contribution in [3.63, 3.8) is 0 Å². The summed E-state index contributed by atoms with van der Waals surface area (Å²) in [5, 5.41) is 3.64. The molecule has 0 bridgehead atoms. The summed E-state index contributed by atoms with van der Waals surface area (Å²) in [4.78, 5) is 26.7. The molecular formula is C21H22ClFN2O2. The van der Waals surface area contributed by atoms with E-state index in [4.69, 9.17) is 11.6 Å². The van der Waals surface area contributed by atoms with Crippen LogP contribution in [0.5, 0.6) is 0 Å². The maximum absolute atomic E-state index is 13.0. The summed E-state index contributed by atoms with van der Waals surface area (Å²) in [6.07, 6.45) is 2.24. The van der Waals surface area contributed by atoms with Gasteiger partial charge < -0.3 is 10.2 Å². The number of carbonyl (C=O) groups is 2. The number of hydrogen-bond acceptors (Lipinski definition) is 2. The molecule has 0 aromatic heterocycles. The average Bonchev–Trinajstić information content (AvgIpc) is 2.68. The molecule has 6 heteroatoms. The van der Waals surface area contributed by atoms with Gasteiger partial charge in [-0.3, -0.25) is 9.59 Å². The lowest BCUT2D eigenvalue weighted by molar-refractivity contribution is -0.126. The fourth-order valence-corrected chi connectivity index (χ4v) is 3.53. The second-order valence-electron chi connectivity index (χ2n) is 6.77. The summed E-state index contributed by atoms with van der Waals surface area (Å²) in [6.45, 7) is 1.53. The van der Waals surface area contributed by atoms with Crippen molar-refractivity contribution in [1.82, 2.24) is 10.2 Å². The Kier molecular flexibility index (Phi) is 6.45. The van der Waals surface area contributed by atoms with Crippen LogP contribution in [-0.4, -0.2) is 36.3 Å². The highest BCUT2D eigenvalue weighted by Gasteiger charge is 2.28. The lowest BCUT2D eigenvalue weighted by Gasteiger charge is -2.32. The Morgan fingerprint density at radius 3 is 2.70 bits per heavy atom. The molecule has 142 valence electrons. The van der Waals surface area contributed by atoms with Gasteiger partial charge in [0.05, 0.1) is 5.92 Å². The number of likely N-dealkylation sites (tertiary alicyclic amines) is 1. The third-order valence-corrected chi connectivity index (χ3v) is 5.01. The van der Waals surface area contributed by atoms with Crippen molar-refractivity contribution in [2.75, 3.05) is 19.6 Å². The van der Waals surface area contributed by atoms with Crippen LogP contribution in [0.1, 0.15) is 28.8 Å². The predicted molar refractivity (Wildman–Crippen MR) is 103 cm³/mol. The van der Waals surface area contributed by atoms with E-state index in [0.717, 1.165) is 18.4 Å². The second-order valence-corrected chi connectivity index (χ2v) is 7.20. The maximum Gasteiger partial charge on any atom is 0.253 e. The van der Waals surface area contributed by atoms with Crippen molar-refractivity contribution < 1.29 is 14.0 Å². The first-order valence-corrected chi connectivity index (χ1v) is 9.48. The Labute approximate surface area is 163 Å². The molecule has 1 atom stereocenters. The van der Waals surface area contributed by atoms with Gasteiger partial charge in [0.15, 0.2) is 0 Å². The molecule has 0 radical (unpaired) electrons. The van der Waals surface area contributed by atoms with Gasteiger partial charge in [-0.1, -0.05) is 23.7 Å². The van der Waals surface area contributed by atoms with Crippen molar-refractivity contribution in [2.24, 2.45) is 5.92 Å². The van der Waals surface area contributed by atoms with E-state index in [-0.39, 0.29) is 23.5 Å². The molecule has 27 heavy (non-hydrogen) atoms. The molecule has 0 saturated carbocycles. The van der Waals surface area contributed by atoms with Crippen molar-refractivity contribution >= 4 is 23.4 Å². The summed E-state index contributed by atoms with van der Waals surface area (Å²) in [5.41, 5.74) is 1.51. The third kappa shape index (κ3) is 5.30.